The zero-order valence-corrected chi connectivity index (χ0v) is 22.7. The van der Waals surface area contributed by atoms with Gasteiger partial charge in [0, 0.05) is 24.4 Å². The van der Waals surface area contributed by atoms with Gasteiger partial charge >= 0.3 is 0 Å². The third kappa shape index (κ3) is 5.58. The van der Waals surface area contributed by atoms with Crippen LogP contribution in [0.3, 0.4) is 0 Å². The van der Waals surface area contributed by atoms with Crippen molar-refractivity contribution in [2.24, 2.45) is 11.8 Å². The van der Waals surface area contributed by atoms with Gasteiger partial charge in [0.2, 0.25) is 5.82 Å². The Kier molecular flexibility index (Phi) is 9.89. The van der Waals surface area contributed by atoms with Crippen molar-refractivity contribution >= 4 is 10.9 Å². The van der Waals surface area contributed by atoms with Crippen molar-refractivity contribution in [1.29, 1.82) is 0 Å². The van der Waals surface area contributed by atoms with Gasteiger partial charge in [-0.1, -0.05) is 13.0 Å². The monoisotopic (exact) mass is 600 g/mol. The number of methoxy groups -OCH3 is 1. The molecule has 2 heterocycles. The number of allylic oxidation sites excluding steroid dienone is 1. The lowest BCUT2D eigenvalue weighted by atomic mass is 9.77. The number of likely N-dealkylation sites (tertiary alicyclic amines) is 1. The molecule has 4 nitrogen and oxygen atoms in total. The van der Waals surface area contributed by atoms with Crippen LogP contribution in [0.5, 0.6) is 5.75 Å². The number of quaternary nitrogens is 1. The number of nitrogens with one attached hydrogen (secondary N) is 1. The van der Waals surface area contributed by atoms with Crippen LogP contribution in [0.4, 0.5) is 22.0 Å². The van der Waals surface area contributed by atoms with E-state index in [1.54, 1.807) is 30.5 Å². The number of piperidine rings is 1. The molecule has 5 atom stereocenters. The number of hydrogen-bond acceptors (Lipinski definition) is 3. The number of aliphatic hydroxyl groups is 1. The molecule has 1 saturated heterocycles. The first-order valence-electron chi connectivity index (χ1n) is 12.3. The second kappa shape index (κ2) is 12.5. The molecule has 10 heteroatoms. The number of hydrogen-bond donors (Lipinski definition) is 2. The number of pyridine rings is 1. The molecule has 206 valence electrons. The van der Waals surface area contributed by atoms with Gasteiger partial charge in [0.1, 0.15) is 24.4 Å². The van der Waals surface area contributed by atoms with Crippen LogP contribution in [-0.4, -0.2) is 29.8 Å². The molecule has 1 fully saturated rings. The second-order valence-electron chi connectivity index (χ2n) is 9.56. The lowest BCUT2D eigenvalue weighted by Crippen LogP contribution is -3.16. The maximum atomic E-state index is 14.6. The highest BCUT2D eigenvalue weighted by molar-refractivity contribution is 5.83. The van der Waals surface area contributed by atoms with Crippen LogP contribution in [-0.2, 0) is 6.54 Å². The van der Waals surface area contributed by atoms with E-state index in [1.165, 1.54) is 7.11 Å². The quantitative estimate of drug-likeness (QED) is 0.180. The highest BCUT2D eigenvalue weighted by atomic mass is 79.9. The van der Waals surface area contributed by atoms with Crippen LogP contribution in [0, 0.1) is 40.9 Å². The number of halogens is 6. The summed E-state index contributed by atoms with van der Waals surface area (Å²) >= 11 is 0. The summed E-state index contributed by atoms with van der Waals surface area (Å²) in [4.78, 5) is 4.89. The minimum absolute atomic E-state index is 0. The molecule has 3 unspecified atom stereocenters. The first kappa shape index (κ1) is 30.0. The normalized spacial score (nSPS) is 21.0. The van der Waals surface area contributed by atoms with Gasteiger partial charge in [0.05, 0.1) is 24.7 Å². The SMILES string of the molecule is C=CC(CC)C1CC[NH+](Cc2c(F)c(F)c(F)c(F)c2F)[C@H]([C@H](O)c2ccnc3ccc(OC)cc23)C1.[Br-]. The number of fused-ring (bicyclic) bond motifs is 1. The number of nitrogens with zero attached hydrogens (tertiary/aromatic N) is 1. The number of benzene rings is 2. The molecular weight excluding hydrogens is 571 g/mol. The summed E-state index contributed by atoms with van der Waals surface area (Å²) in [6, 6.07) is 6.36. The van der Waals surface area contributed by atoms with Gasteiger partial charge in [0.15, 0.2) is 23.3 Å². The minimum atomic E-state index is -2.18. The number of ether oxygens (including phenoxy) is 1. The van der Waals surface area contributed by atoms with Crippen molar-refractivity contribution in [1.82, 2.24) is 4.98 Å². The molecule has 0 amide bonds. The van der Waals surface area contributed by atoms with Crippen LogP contribution in [0.2, 0.25) is 0 Å². The molecule has 2 N–H and O–H groups in total. The van der Waals surface area contributed by atoms with Gasteiger partial charge in [-0.05, 0) is 48.1 Å². The summed E-state index contributed by atoms with van der Waals surface area (Å²) in [6.07, 6.45) is 4.30. The van der Waals surface area contributed by atoms with Crippen LogP contribution in [0.15, 0.2) is 43.1 Å². The lowest BCUT2D eigenvalue weighted by molar-refractivity contribution is -0.950. The topological polar surface area (TPSA) is 46.8 Å². The van der Waals surface area contributed by atoms with Gasteiger partial charge in [-0.2, -0.15) is 0 Å². The summed E-state index contributed by atoms with van der Waals surface area (Å²) in [5.74, 6) is -8.91. The van der Waals surface area contributed by atoms with Gasteiger partial charge in [0.25, 0.3) is 0 Å². The third-order valence-corrected chi connectivity index (χ3v) is 7.68. The predicted octanol–water partition coefficient (Wildman–Crippen LogP) is 2.05. The maximum Gasteiger partial charge on any atom is 0.200 e. The molecular formula is C28H30BrF5N2O2. The van der Waals surface area contributed by atoms with E-state index < -0.39 is 53.3 Å². The first-order chi connectivity index (χ1) is 17.7. The zero-order chi connectivity index (χ0) is 26.9. The highest BCUT2D eigenvalue weighted by Gasteiger charge is 2.41. The summed E-state index contributed by atoms with van der Waals surface area (Å²) in [6.45, 7) is 5.88. The van der Waals surface area contributed by atoms with E-state index in [-0.39, 0.29) is 28.8 Å². The summed E-state index contributed by atoms with van der Waals surface area (Å²) in [7, 11) is 1.52. The fourth-order valence-corrected chi connectivity index (χ4v) is 5.60. The molecule has 38 heavy (non-hydrogen) atoms. The van der Waals surface area contributed by atoms with E-state index in [4.69, 9.17) is 4.74 Å². The fourth-order valence-electron chi connectivity index (χ4n) is 5.60. The van der Waals surface area contributed by atoms with Gasteiger partial charge in [-0.3, -0.25) is 4.98 Å². The molecule has 1 aliphatic rings. The third-order valence-electron chi connectivity index (χ3n) is 7.68. The standard InChI is InChI=1S/C28H29F5N2O2.BrH/c1-4-15(5-2)16-9-11-35(14-20-23(29)25(31)27(33)26(32)24(20)30)22(12-16)28(36)18-8-10-34-21-7-6-17(37-3)13-19(18)21;/h4,6-8,10,13,15-16,22,28,36H,1,5,9,11-12,14H2,2-3H3;1H/t15?,16?,22-,28+;/m0./s1. The van der Waals surface area contributed by atoms with Gasteiger partial charge in [-0.25, -0.2) is 22.0 Å². The van der Waals surface area contributed by atoms with Crippen molar-refractivity contribution in [3.05, 3.63) is 83.3 Å². The molecule has 1 aliphatic heterocycles. The molecule has 0 aliphatic carbocycles. The average molecular weight is 601 g/mol. The van der Waals surface area contributed by atoms with Gasteiger partial charge in [-0.15, -0.1) is 6.58 Å². The van der Waals surface area contributed by atoms with Crippen LogP contribution in [0.25, 0.3) is 10.9 Å². The Bertz CT molecular complexity index is 1280. The molecule has 0 spiro atoms. The summed E-state index contributed by atoms with van der Waals surface area (Å²) < 4.78 is 76.0. The number of rotatable bonds is 8. The Balaban J connectivity index is 0.00000400. The van der Waals surface area contributed by atoms with E-state index in [0.717, 1.165) is 6.42 Å². The van der Waals surface area contributed by atoms with Crippen molar-refractivity contribution in [2.75, 3.05) is 13.7 Å². The highest BCUT2D eigenvalue weighted by Crippen LogP contribution is 2.34. The summed E-state index contributed by atoms with van der Waals surface area (Å²) in [5, 5.41) is 12.3. The Morgan fingerprint density at radius 2 is 1.76 bits per heavy atom. The van der Waals surface area contributed by atoms with Crippen molar-refractivity contribution in [2.45, 2.75) is 44.9 Å². The fraction of sp³-hybridized carbons (Fsp3) is 0.393. The van der Waals surface area contributed by atoms with Crippen LogP contribution < -0.4 is 26.6 Å². The molecule has 0 bridgehead atoms. The van der Waals surface area contributed by atoms with Crippen molar-refractivity contribution in [3.8, 4) is 5.75 Å². The Hall–Kier alpha value is -2.56. The van der Waals surface area contributed by atoms with Crippen LogP contribution in [0.1, 0.15) is 43.4 Å². The molecule has 0 saturated carbocycles. The average Bonchev–Trinajstić information content (AvgIpc) is 2.93. The molecule has 1 aromatic heterocycles. The van der Waals surface area contributed by atoms with Crippen molar-refractivity contribution in [3.63, 3.8) is 0 Å². The maximum absolute atomic E-state index is 14.6. The molecule has 2 aromatic carbocycles. The van der Waals surface area contributed by atoms with Gasteiger partial charge < -0.3 is 31.7 Å². The van der Waals surface area contributed by atoms with E-state index in [1.807, 2.05) is 13.0 Å². The first-order valence-corrected chi connectivity index (χ1v) is 12.3. The van der Waals surface area contributed by atoms with E-state index in [0.29, 0.717) is 46.5 Å². The smallest absolute Gasteiger partial charge is 0.200 e. The Morgan fingerprint density at radius 3 is 2.37 bits per heavy atom. The lowest BCUT2D eigenvalue weighted by Gasteiger charge is -2.41. The van der Waals surface area contributed by atoms with E-state index in [9.17, 15) is 27.1 Å². The Morgan fingerprint density at radius 1 is 1.11 bits per heavy atom. The predicted molar refractivity (Wildman–Crippen MR) is 130 cm³/mol. The molecule has 3 aromatic rings. The molecule has 0 radical (unpaired) electrons. The van der Waals surface area contributed by atoms with E-state index in [2.05, 4.69) is 11.6 Å². The van der Waals surface area contributed by atoms with Crippen molar-refractivity contribution < 1.29 is 53.7 Å². The largest absolute Gasteiger partial charge is 1.00 e. The van der Waals surface area contributed by atoms with E-state index >= 15 is 0 Å². The Labute approximate surface area is 228 Å². The van der Waals surface area contributed by atoms with Crippen LogP contribution >= 0.6 is 0 Å². The number of aliphatic hydroxyl groups excluding tert-OH is 1. The zero-order valence-electron chi connectivity index (χ0n) is 21.1. The second-order valence-corrected chi connectivity index (χ2v) is 9.56. The number of aromatic nitrogens is 1. The summed E-state index contributed by atoms with van der Waals surface area (Å²) in [5.41, 5.74) is 0.304. The molecule has 4 rings (SSSR count). The minimum Gasteiger partial charge on any atom is -1.00 e.